The van der Waals surface area contributed by atoms with Crippen molar-refractivity contribution in [2.45, 2.75) is 43.8 Å². The van der Waals surface area contributed by atoms with Crippen molar-refractivity contribution >= 4 is 41.2 Å². The lowest BCUT2D eigenvalue weighted by atomic mass is 10.0. The maximum atomic E-state index is 13.4. The van der Waals surface area contributed by atoms with Crippen LogP contribution in [0.1, 0.15) is 24.5 Å². The average Bonchev–Trinajstić information content (AvgIpc) is 3.44. The minimum absolute atomic E-state index is 0.0354. The Morgan fingerprint density at radius 2 is 1.94 bits per heavy atom. The second-order valence-electron chi connectivity index (χ2n) is 8.18. The lowest BCUT2D eigenvalue weighted by Crippen LogP contribution is -2.51. The monoisotopic (exact) mass is 480 g/mol. The lowest BCUT2D eigenvalue weighted by molar-refractivity contribution is -0.132. The average molecular weight is 481 g/mol. The zero-order chi connectivity index (χ0) is 24.1. The number of oxime groups is 1. The van der Waals surface area contributed by atoms with Gasteiger partial charge >= 0.3 is 6.09 Å². The summed E-state index contributed by atoms with van der Waals surface area (Å²) >= 11 is 4.57. The highest BCUT2D eigenvalue weighted by atomic mass is 32.1. The number of nitrogens with zero attached hydrogens (tertiary/aromatic N) is 2. The molecule has 0 aliphatic carbocycles. The number of benzene rings is 2. The van der Waals surface area contributed by atoms with E-state index in [4.69, 9.17) is 15.3 Å². The summed E-state index contributed by atoms with van der Waals surface area (Å²) in [7, 11) is 0. The summed E-state index contributed by atoms with van der Waals surface area (Å²) in [6, 6.07) is 16.1. The lowest BCUT2D eigenvalue weighted by Gasteiger charge is -2.26. The second kappa shape index (κ2) is 10.8. The maximum Gasteiger partial charge on any atom is 0.417 e. The molecular formula is C25H28N4O4S. The number of H-pyrrole nitrogens is 1. The number of aromatic amines is 1. The molecule has 4 rings (SSSR count). The van der Waals surface area contributed by atoms with Crippen molar-refractivity contribution in [1.29, 1.82) is 0 Å². The van der Waals surface area contributed by atoms with Gasteiger partial charge in [0.25, 0.3) is 0 Å². The van der Waals surface area contributed by atoms with Gasteiger partial charge in [-0.15, -0.1) is 0 Å². The Hall–Kier alpha value is -3.30. The van der Waals surface area contributed by atoms with E-state index in [-0.39, 0.29) is 24.8 Å². The number of carbonyl (C=O) groups is 2. The Morgan fingerprint density at radius 3 is 2.68 bits per heavy atom. The first-order chi connectivity index (χ1) is 16.5. The largest absolute Gasteiger partial charge is 0.444 e. The fourth-order valence-corrected chi connectivity index (χ4v) is 4.30. The van der Waals surface area contributed by atoms with Gasteiger partial charge in [-0.25, -0.2) is 9.69 Å². The number of rotatable bonds is 8. The Bertz CT molecular complexity index is 1180. The molecule has 9 heteroatoms. The summed E-state index contributed by atoms with van der Waals surface area (Å²) in [5.74, 6) is -0.544. The molecule has 34 heavy (non-hydrogen) atoms. The van der Waals surface area contributed by atoms with Crippen molar-refractivity contribution in [2.75, 3.05) is 6.54 Å². The Kier molecular flexibility index (Phi) is 7.54. The molecule has 3 aromatic rings. The van der Waals surface area contributed by atoms with Crippen LogP contribution in [0.2, 0.25) is 0 Å². The Labute approximate surface area is 203 Å². The third kappa shape index (κ3) is 5.26. The summed E-state index contributed by atoms with van der Waals surface area (Å²) in [5.41, 5.74) is 9.74. The van der Waals surface area contributed by atoms with Gasteiger partial charge in [0.2, 0.25) is 5.91 Å². The number of nitrogens with two attached hydrogens (primary N) is 1. The molecule has 2 heterocycles. The number of thiol groups is 1. The predicted molar refractivity (Wildman–Crippen MR) is 134 cm³/mol. The van der Waals surface area contributed by atoms with Crippen LogP contribution in [0, 0.1) is 0 Å². The number of ether oxygens (including phenoxy) is 1. The predicted octanol–water partition coefficient (Wildman–Crippen LogP) is 3.67. The minimum atomic E-state index is -0.949. The molecule has 0 saturated carbocycles. The number of nitrogens with one attached hydrogen (secondary N) is 1. The molecule has 8 nitrogen and oxygen atoms in total. The van der Waals surface area contributed by atoms with Crippen LogP contribution in [-0.2, 0) is 27.4 Å². The topological polar surface area (TPSA) is 110 Å². The zero-order valence-electron chi connectivity index (χ0n) is 18.9. The highest BCUT2D eigenvalue weighted by Crippen LogP contribution is 2.22. The standard InChI is InChI=1S/C25H28N4O4S/c1-2-20-23(34)22(33-28-20)14-29(25(31)32-15-16-8-4-3-5-9-16)24(30)19(26)12-17-13-27-21-11-7-6-10-18(17)21/h3-11,13,19,22-23,27,34H,2,12,14-15,26H2,1H3/t19-,22?,23?/m0/s1. The number of hydrogen-bond donors (Lipinski definition) is 3. The van der Waals surface area contributed by atoms with Crippen molar-refractivity contribution in [1.82, 2.24) is 9.88 Å². The molecule has 2 aromatic carbocycles. The van der Waals surface area contributed by atoms with Crippen molar-refractivity contribution in [3.63, 3.8) is 0 Å². The first kappa shape index (κ1) is 23.8. The summed E-state index contributed by atoms with van der Waals surface area (Å²) in [5, 5.41) is 4.70. The molecular weight excluding hydrogens is 452 g/mol. The molecule has 3 atom stereocenters. The van der Waals surface area contributed by atoms with E-state index in [1.807, 2.05) is 67.7 Å². The van der Waals surface area contributed by atoms with Crippen molar-refractivity contribution in [2.24, 2.45) is 10.9 Å². The highest BCUT2D eigenvalue weighted by molar-refractivity contribution is 7.82. The SMILES string of the molecule is CCC1=NOC(CN(C(=O)OCc2ccccc2)C(=O)[C@@H](N)Cc2c[nH]c3ccccc23)C1S. The van der Waals surface area contributed by atoms with E-state index in [1.54, 1.807) is 0 Å². The molecule has 2 unspecified atom stereocenters. The van der Waals surface area contributed by atoms with Gasteiger partial charge in [-0.3, -0.25) is 4.79 Å². The third-order valence-electron chi connectivity index (χ3n) is 5.85. The van der Waals surface area contributed by atoms with Crippen LogP contribution >= 0.6 is 12.6 Å². The molecule has 0 radical (unpaired) electrons. The van der Waals surface area contributed by atoms with Gasteiger partial charge in [0.1, 0.15) is 6.61 Å². The van der Waals surface area contributed by atoms with Crippen molar-refractivity contribution in [3.8, 4) is 0 Å². The number of aromatic nitrogens is 1. The Balaban J connectivity index is 1.49. The number of amides is 2. The molecule has 0 fully saturated rings. The Morgan fingerprint density at radius 1 is 1.21 bits per heavy atom. The molecule has 1 aliphatic heterocycles. The third-order valence-corrected chi connectivity index (χ3v) is 6.48. The molecule has 3 N–H and O–H groups in total. The normalized spacial score (nSPS) is 18.3. The van der Waals surface area contributed by atoms with Gasteiger partial charge in [-0.1, -0.05) is 60.6 Å². The molecule has 0 bridgehead atoms. The quantitative estimate of drug-likeness (QED) is 0.426. The van der Waals surface area contributed by atoms with Gasteiger partial charge in [0, 0.05) is 17.1 Å². The van der Waals surface area contributed by atoms with Gasteiger partial charge in [0.05, 0.1) is 23.5 Å². The highest BCUT2D eigenvalue weighted by Gasteiger charge is 2.37. The van der Waals surface area contributed by atoms with Crippen LogP contribution in [0.4, 0.5) is 4.79 Å². The van der Waals surface area contributed by atoms with E-state index in [0.717, 1.165) is 32.6 Å². The van der Waals surface area contributed by atoms with E-state index >= 15 is 0 Å². The van der Waals surface area contributed by atoms with E-state index in [1.165, 1.54) is 0 Å². The molecule has 0 spiro atoms. The van der Waals surface area contributed by atoms with Crippen LogP contribution < -0.4 is 5.73 Å². The van der Waals surface area contributed by atoms with Crippen LogP contribution in [0.15, 0.2) is 65.9 Å². The molecule has 2 amide bonds. The van der Waals surface area contributed by atoms with Crippen LogP contribution in [0.3, 0.4) is 0 Å². The van der Waals surface area contributed by atoms with Crippen LogP contribution in [-0.4, -0.2) is 51.5 Å². The van der Waals surface area contributed by atoms with Gasteiger partial charge < -0.3 is 20.3 Å². The number of para-hydroxylation sites is 1. The minimum Gasteiger partial charge on any atom is -0.444 e. The summed E-state index contributed by atoms with van der Waals surface area (Å²) in [6.45, 7) is 1.92. The number of imide groups is 1. The fraction of sp³-hybridized carbons (Fsp3) is 0.320. The van der Waals surface area contributed by atoms with Crippen molar-refractivity contribution in [3.05, 3.63) is 71.9 Å². The summed E-state index contributed by atoms with van der Waals surface area (Å²) in [6.07, 6.45) is 1.40. The zero-order valence-corrected chi connectivity index (χ0v) is 19.8. The van der Waals surface area contributed by atoms with Crippen LogP contribution in [0.5, 0.6) is 0 Å². The van der Waals surface area contributed by atoms with Crippen LogP contribution in [0.25, 0.3) is 10.9 Å². The summed E-state index contributed by atoms with van der Waals surface area (Å²) in [4.78, 5) is 36.1. The number of fused-ring (bicyclic) bond motifs is 1. The fourth-order valence-electron chi connectivity index (χ4n) is 3.93. The molecule has 1 aliphatic rings. The van der Waals surface area contributed by atoms with E-state index in [0.29, 0.717) is 6.42 Å². The molecule has 0 saturated heterocycles. The van der Waals surface area contributed by atoms with E-state index in [2.05, 4.69) is 22.8 Å². The molecule has 178 valence electrons. The number of carbonyl (C=O) groups excluding carboxylic acids is 2. The van der Waals surface area contributed by atoms with Crippen molar-refractivity contribution < 1.29 is 19.2 Å². The molecule has 1 aromatic heterocycles. The van der Waals surface area contributed by atoms with Gasteiger partial charge in [-0.05, 0) is 30.0 Å². The maximum absolute atomic E-state index is 13.4. The number of hydrogen-bond acceptors (Lipinski definition) is 7. The van der Waals surface area contributed by atoms with E-state index in [9.17, 15) is 9.59 Å². The van der Waals surface area contributed by atoms with E-state index < -0.39 is 24.1 Å². The second-order valence-corrected chi connectivity index (χ2v) is 8.74. The summed E-state index contributed by atoms with van der Waals surface area (Å²) < 4.78 is 5.45. The smallest absolute Gasteiger partial charge is 0.417 e. The first-order valence-electron chi connectivity index (χ1n) is 11.2. The van der Waals surface area contributed by atoms with Gasteiger partial charge in [-0.2, -0.15) is 12.6 Å². The van der Waals surface area contributed by atoms with Gasteiger partial charge in [0.15, 0.2) is 6.10 Å². The first-order valence-corrected chi connectivity index (χ1v) is 11.7.